The fourth-order valence-corrected chi connectivity index (χ4v) is 4.49. The lowest BCUT2D eigenvalue weighted by atomic mass is 9.85. The number of pyridine rings is 1. The molecule has 0 saturated heterocycles. The van der Waals surface area contributed by atoms with Crippen LogP contribution in [0.15, 0.2) is 23.4 Å². The Morgan fingerprint density at radius 3 is 2.75 bits per heavy atom. The molecule has 1 aliphatic carbocycles. The van der Waals surface area contributed by atoms with Crippen LogP contribution in [0.25, 0.3) is 0 Å². The van der Waals surface area contributed by atoms with E-state index >= 15 is 0 Å². The van der Waals surface area contributed by atoms with Crippen LogP contribution in [0.4, 0.5) is 10.5 Å². The second-order valence-corrected chi connectivity index (χ2v) is 7.21. The molecule has 1 aromatic heterocycles. The third kappa shape index (κ3) is 3.89. The zero-order valence-corrected chi connectivity index (χ0v) is 12.5. The van der Waals surface area contributed by atoms with Crippen molar-refractivity contribution in [1.29, 1.82) is 0 Å². The monoisotopic (exact) mass is 312 g/mol. The van der Waals surface area contributed by atoms with Gasteiger partial charge in [0.15, 0.2) is 0 Å². The summed E-state index contributed by atoms with van der Waals surface area (Å²) in [5.41, 5.74) is -0.0161. The number of nitrogens with zero attached hydrogens (tertiary/aromatic N) is 2. The van der Waals surface area contributed by atoms with Crippen LogP contribution in [0.1, 0.15) is 19.3 Å². The second-order valence-electron chi connectivity index (χ2n) is 4.60. The predicted octanol–water partition coefficient (Wildman–Crippen LogP) is 2.42. The third-order valence-electron chi connectivity index (χ3n) is 3.04. The largest absolute Gasteiger partial charge is 0.473 e. The Morgan fingerprint density at radius 2 is 2.30 bits per heavy atom. The highest BCUT2D eigenvalue weighted by molar-refractivity contribution is 8.77. The molecular formula is C11H13BN2O4S2. The highest BCUT2D eigenvalue weighted by Gasteiger charge is 2.39. The van der Waals surface area contributed by atoms with Gasteiger partial charge in [0, 0.05) is 6.07 Å². The summed E-state index contributed by atoms with van der Waals surface area (Å²) in [6.45, 7) is 0.410. The highest BCUT2D eigenvalue weighted by Crippen LogP contribution is 2.51. The topological polar surface area (TPSA) is 82.3 Å². The van der Waals surface area contributed by atoms with E-state index in [2.05, 4.69) is 4.98 Å². The average Bonchev–Trinajstić information content (AvgIpc) is 2.37. The molecular weight excluding hydrogens is 299 g/mol. The molecule has 2 rings (SSSR count). The minimum atomic E-state index is -0.470. The lowest BCUT2D eigenvalue weighted by Crippen LogP contribution is -2.38. The van der Waals surface area contributed by atoms with Gasteiger partial charge in [-0.3, -0.25) is 14.9 Å². The molecule has 0 radical (unpaired) electrons. The van der Waals surface area contributed by atoms with Crippen molar-refractivity contribution >= 4 is 41.0 Å². The van der Waals surface area contributed by atoms with Gasteiger partial charge >= 0.3 is 0 Å². The summed E-state index contributed by atoms with van der Waals surface area (Å²) in [6, 6.07) is 3.07. The van der Waals surface area contributed by atoms with E-state index in [1.54, 1.807) is 16.9 Å². The second kappa shape index (κ2) is 6.49. The van der Waals surface area contributed by atoms with Crippen molar-refractivity contribution in [3.63, 3.8) is 0 Å². The van der Waals surface area contributed by atoms with Gasteiger partial charge in [0.05, 0.1) is 9.67 Å². The van der Waals surface area contributed by atoms with Gasteiger partial charge in [-0.25, -0.2) is 4.98 Å². The van der Waals surface area contributed by atoms with Crippen LogP contribution >= 0.6 is 21.6 Å². The maximum absolute atomic E-state index is 10.9. The lowest BCUT2D eigenvalue weighted by molar-refractivity contribution is -0.385. The molecule has 6 nitrogen and oxygen atoms in total. The molecule has 20 heavy (non-hydrogen) atoms. The summed E-state index contributed by atoms with van der Waals surface area (Å²) >= 11 is 0. The molecule has 1 saturated carbocycles. The van der Waals surface area contributed by atoms with Crippen molar-refractivity contribution < 1.29 is 14.5 Å². The van der Waals surface area contributed by atoms with Crippen molar-refractivity contribution in [3.05, 3.63) is 28.4 Å². The summed E-state index contributed by atoms with van der Waals surface area (Å²) in [6.07, 6.45) is 4.39. The first kappa shape index (κ1) is 15.2. The summed E-state index contributed by atoms with van der Waals surface area (Å²) in [7, 11) is 4.50. The van der Waals surface area contributed by atoms with Gasteiger partial charge in [-0.2, -0.15) is 0 Å². The molecule has 1 aromatic rings. The quantitative estimate of drug-likeness (QED) is 0.345. The van der Waals surface area contributed by atoms with E-state index in [4.69, 9.17) is 4.74 Å². The first-order valence-corrected chi connectivity index (χ1v) is 8.25. The van der Waals surface area contributed by atoms with E-state index in [-0.39, 0.29) is 16.3 Å². The van der Waals surface area contributed by atoms with Crippen LogP contribution in [0.3, 0.4) is 0 Å². The van der Waals surface area contributed by atoms with Crippen molar-refractivity contribution in [2.45, 2.75) is 29.0 Å². The van der Waals surface area contributed by atoms with Crippen LogP contribution in [-0.2, 0) is 4.74 Å². The average molecular weight is 312 g/mol. The highest BCUT2D eigenvalue weighted by atomic mass is 33.1. The Labute approximate surface area is 125 Å². The standard InChI is InChI=1S/C11H13BN2O4S2/c12-10(15)18-7-11(4-1-5-11)20-19-9-3-2-8(6-13-9)14(16)17/h2-3,6H,1,4-5,7,12H2. The molecule has 0 bridgehead atoms. The predicted molar refractivity (Wildman–Crippen MR) is 80.8 cm³/mol. The van der Waals surface area contributed by atoms with Crippen LogP contribution < -0.4 is 0 Å². The van der Waals surface area contributed by atoms with Gasteiger partial charge in [-0.1, -0.05) is 17.2 Å². The number of nitro groups is 1. The smallest absolute Gasteiger partial charge is 0.287 e. The molecule has 0 aromatic carbocycles. The Bertz CT molecular complexity index is 508. The van der Waals surface area contributed by atoms with E-state index in [9.17, 15) is 14.9 Å². The molecule has 0 spiro atoms. The molecule has 1 aliphatic rings. The van der Waals surface area contributed by atoms with E-state index in [0.29, 0.717) is 6.61 Å². The summed E-state index contributed by atoms with van der Waals surface area (Å²) in [5, 5.41) is 11.3. The number of rotatable bonds is 6. The van der Waals surface area contributed by atoms with Crippen molar-refractivity contribution in [2.75, 3.05) is 6.61 Å². The van der Waals surface area contributed by atoms with Gasteiger partial charge in [-0.05, 0) is 29.7 Å². The molecule has 9 heteroatoms. The number of hydrogen-bond donors (Lipinski definition) is 0. The molecule has 0 N–H and O–H groups in total. The first-order valence-electron chi connectivity index (χ1n) is 6.10. The van der Waals surface area contributed by atoms with E-state index in [1.165, 1.54) is 30.9 Å². The van der Waals surface area contributed by atoms with Crippen molar-refractivity contribution in [1.82, 2.24) is 4.98 Å². The van der Waals surface area contributed by atoms with Gasteiger partial charge in [0.25, 0.3) is 5.69 Å². The molecule has 1 fully saturated rings. The fraction of sp³-hybridized carbons (Fsp3) is 0.455. The minimum Gasteiger partial charge on any atom is -0.473 e. The normalized spacial score (nSPS) is 16.2. The van der Waals surface area contributed by atoms with Crippen molar-refractivity contribution in [2.24, 2.45) is 0 Å². The van der Waals surface area contributed by atoms with Gasteiger partial charge < -0.3 is 4.74 Å². The van der Waals surface area contributed by atoms with Crippen LogP contribution in [0.5, 0.6) is 0 Å². The molecule has 1 heterocycles. The third-order valence-corrected chi connectivity index (χ3v) is 6.24. The number of aromatic nitrogens is 1. The number of carbonyl (C=O) groups excluding carboxylic acids is 1. The SMILES string of the molecule is BC(=O)OCC1(SSc2ccc([N+](=O)[O-])cn2)CCC1. The molecule has 106 valence electrons. The summed E-state index contributed by atoms with van der Waals surface area (Å²) < 4.78 is 5.06. The van der Waals surface area contributed by atoms with Crippen molar-refractivity contribution in [3.8, 4) is 0 Å². The van der Waals surface area contributed by atoms with Gasteiger partial charge in [0.2, 0.25) is 13.7 Å². The van der Waals surface area contributed by atoms with Crippen LogP contribution in [0.2, 0.25) is 0 Å². The lowest BCUT2D eigenvalue weighted by Gasteiger charge is -2.39. The fourth-order valence-electron chi connectivity index (χ4n) is 1.72. The van der Waals surface area contributed by atoms with E-state index in [1.807, 2.05) is 0 Å². The number of hydrogen-bond acceptors (Lipinski definition) is 7. The molecule has 0 aliphatic heterocycles. The first-order chi connectivity index (χ1) is 9.51. The number of ether oxygens (including phenoxy) is 1. The van der Waals surface area contributed by atoms with E-state index in [0.717, 1.165) is 24.3 Å². The zero-order chi connectivity index (χ0) is 14.6. The Morgan fingerprint density at radius 1 is 1.55 bits per heavy atom. The summed E-state index contributed by atoms with van der Waals surface area (Å²) in [5.74, 6) is -0.268. The zero-order valence-electron chi connectivity index (χ0n) is 10.9. The van der Waals surface area contributed by atoms with E-state index < -0.39 is 4.92 Å². The van der Waals surface area contributed by atoms with Crippen LogP contribution in [-0.4, -0.2) is 35.0 Å². The molecule has 0 amide bonds. The molecule has 0 atom stereocenters. The van der Waals surface area contributed by atoms with Gasteiger partial charge in [-0.15, -0.1) is 0 Å². The summed E-state index contributed by atoms with van der Waals surface area (Å²) in [4.78, 5) is 25.0. The maximum Gasteiger partial charge on any atom is 0.287 e. The Kier molecular flexibility index (Phi) is 4.93. The van der Waals surface area contributed by atoms with Gasteiger partial charge in [0.1, 0.15) is 17.8 Å². The van der Waals surface area contributed by atoms with Crippen LogP contribution in [0, 0.1) is 10.1 Å². The minimum absolute atomic E-state index is 0.0161. The molecule has 0 unspecified atom stereocenters. The Balaban J connectivity index is 1.89. The number of carbonyl (C=O) groups is 1. The Hall–Kier alpha value is -1.22. The maximum atomic E-state index is 10.9.